The zero-order valence-corrected chi connectivity index (χ0v) is 13.6. The first kappa shape index (κ1) is 15.5. The number of benzene rings is 1. The van der Waals surface area contributed by atoms with E-state index in [4.69, 9.17) is 4.74 Å². The van der Waals surface area contributed by atoms with E-state index < -0.39 is 0 Å². The predicted molar refractivity (Wildman–Crippen MR) is 88.7 cm³/mol. The molecule has 20 heavy (non-hydrogen) atoms. The van der Waals surface area contributed by atoms with Crippen LogP contribution in [-0.4, -0.2) is 26.8 Å². The molecule has 2 rings (SSSR count). The zero-order chi connectivity index (χ0) is 14.4. The first-order valence-electron chi connectivity index (χ1n) is 7.33. The van der Waals surface area contributed by atoms with Gasteiger partial charge < -0.3 is 10.1 Å². The summed E-state index contributed by atoms with van der Waals surface area (Å²) in [5.41, 5.74) is 1.79. The van der Waals surface area contributed by atoms with E-state index in [0.29, 0.717) is 5.41 Å². The maximum absolute atomic E-state index is 5.09. The summed E-state index contributed by atoms with van der Waals surface area (Å²) in [6, 6.07) is 8.71. The van der Waals surface area contributed by atoms with Crippen molar-refractivity contribution in [2.45, 2.75) is 26.7 Å². The van der Waals surface area contributed by atoms with Crippen LogP contribution in [0.4, 0.5) is 0 Å². The van der Waals surface area contributed by atoms with Crippen molar-refractivity contribution in [3.63, 3.8) is 0 Å². The van der Waals surface area contributed by atoms with Gasteiger partial charge in [0.2, 0.25) is 0 Å². The fourth-order valence-electron chi connectivity index (χ4n) is 2.51. The molecule has 3 heteroatoms. The highest BCUT2D eigenvalue weighted by Crippen LogP contribution is 2.33. The van der Waals surface area contributed by atoms with Gasteiger partial charge in [0.1, 0.15) is 0 Å². The molecule has 1 aromatic heterocycles. The third-order valence-electron chi connectivity index (χ3n) is 4.07. The second-order valence-corrected chi connectivity index (χ2v) is 6.68. The van der Waals surface area contributed by atoms with Gasteiger partial charge in [-0.25, -0.2) is 0 Å². The lowest BCUT2D eigenvalue weighted by molar-refractivity contribution is 0.191. The first-order chi connectivity index (χ1) is 9.68. The largest absolute Gasteiger partial charge is 0.383 e. The number of methoxy groups -OCH3 is 1. The number of ether oxygens (including phenoxy) is 1. The molecule has 0 amide bonds. The lowest BCUT2D eigenvalue weighted by Gasteiger charge is -2.28. The van der Waals surface area contributed by atoms with Gasteiger partial charge in [-0.1, -0.05) is 32.0 Å². The maximum Gasteiger partial charge on any atom is 0.0587 e. The molecule has 0 saturated carbocycles. The molecular formula is C17H25NOS. The van der Waals surface area contributed by atoms with E-state index >= 15 is 0 Å². The van der Waals surface area contributed by atoms with Gasteiger partial charge in [-0.05, 0) is 40.7 Å². The van der Waals surface area contributed by atoms with Crippen molar-refractivity contribution >= 4 is 21.4 Å². The third kappa shape index (κ3) is 3.81. The molecule has 0 aliphatic carbocycles. The van der Waals surface area contributed by atoms with Gasteiger partial charge in [-0.15, -0.1) is 11.3 Å². The van der Waals surface area contributed by atoms with Crippen LogP contribution in [0.25, 0.3) is 10.1 Å². The van der Waals surface area contributed by atoms with E-state index in [-0.39, 0.29) is 0 Å². The Hall–Kier alpha value is -0.900. The lowest BCUT2D eigenvalue weighted by atomic mass is 9.81. The summed E-state index contributed by atoms with van der Waals surface area (Å²) >= 11 is 1.86. The molecule has 110 valence electrons. The fourth-order valence-corrected chi connectivity index (χ4v) is 3.47. The molecule has 0 aliphatic rings. The van der Waals surface area contributed by atoms with E-state index in [1.165, 1.54) is 22.1 Å². The summed E-state index contributed by atoms with van der Waals surface area (Å²) in [6.45, 7) is 7.40. The SMILES string of the molecule is CCC(C)(CNCCOC)Cc1csc2ccccc12. The normalized spacial score (nSPS) is 14.6. The summed E-state index contributed by atoms with van der Waals surface area (Å²) in [6.07, 6.45) is 2.31. The minimum atomic E-state index is 0.303. The van der Waals surface area contributed by atoms with Crippen LogP contribution in [0.15, 0.2) is 29.6 Å². The second kappa shape index (κ2) is 7.21. The average Bonchev–Trinajstić information content (AvgIpc) is 2.87. The zero-order valence-electron chi connectivity index (χ0n) is 12.7. The molecular weight excluding hydrogens is 266 g/mol. The van der Waals surface area contributed by atoms with Crippen LogP contribution in [0.1, 0.15) is 25.8 Å². The van der Waals surface area contributed by atoms with Crippen molar-refractivity contribution in [2.24, 2.45) is 5.41 Å². The number of rotatable bonds is 8. The molecule has 0 fully saturated rings. The minimum absolute atomic E-state index is 0.303. The summed E-state index contributed by atoms with van der Waals surface area (Å²) < 4.78 is 6.49. The summed E-state index contributed by atoms with van der Waals surface area (Å²) in [4.78, 5) is 0. The molecule has 0 saturated heterocycles. The van der Waals surface area contributed by atoms with Crippen LogP contribution in [0.2, 0.25) is 0 Å². The van der Waals surface area contributed by atoms with E-state index in [0.717, 1.165) is 26.1 Å². The van der Waals surface area contributed by atoms with Crippen LogP contribution in [0.5, 0.6) is 0 Å². The quantitative estimate of drug-likeness (QED) is 0.739. The number of thiophene rings is 1. The van der Waals surface area contributed by atoms with Crippen LogP contribution in [-0.2, 0) is 11.2 Å². The van der Waals surface area contributed by atoms with Crippen molar-refractivity contribution in [1.29, 1.82) is 0 Å². The molecule has 2 nitrogen and oxygen atoms in total. The van der Waals surface area contributed by atoms with Crippen molar-refractivity contribution in [3.05, 3.63) is 35.2 Å². The minimum Gasteiger partial charge on any atom is -0.383 e. The van der Waals surface area contributed by atoms with Crippen LogP contribution >= 0.6 is 11.3 Å². The van der Waals surface area contributed by atoms with Crippen LogP contribution in [0.3, 0.4) is 0 Å². The monoisotopic (exact) mass is 291 g/mol. The molecule has 2 aromatic rings. The van der Waals surface area contributed by atoms with Gasteiger partial charge >= 0.3 is 0 Å². The van der Waals surface area contributed by atoms with Gasteiger partial charge in [0, 0.05) is 24.9 Å². The number of hydrogen-bond acceptors (Lipinski definition) is 3. The summed E-state index contributed by atoms with van der Waals surface area (Å²) in [5, 5.41) is 7.27. The van der Waals surface area contributed by atoms with E-state index in [2.05, 4.69) is 48.8 Å². The van der Waals surface area contributed by atoms with E-state index in [1.54, 1.807) is 7.11 Å². The number of fused-ring (bicyclic) bond motifs is 1. The molecule has 1 N–H and O–H groups in total. The van der Waals surface area contributed by atoms with E-state index in [9.17, 15) is 0 Å². The summed E-state index contributed by atoms with van der Waals surface area (Å²) in [7, 11) is 1.75. The molecule has 1 atom stereocenters. The van der Waals surface area contributed by atoms with Gasteiger partial charge in [0.15, 0.2) is 0 Å². The smallest absolute Gasteiger partial charge is 0.0587 e. The van der Waals surface area contributed by atoms with Crippen molar-refractivity contribution in [3.8, 4) is 0 Å². The summed E-state index contributed by atoms with van der Waals surface area (Å²) in [5.74, 6) is 0. The van der Waals surface area contributed by atoms with Crippen LogP contribution < -0.4 is 5.32 Å². The maximum atomic E-state index is 5.09. The average molecular weight is 291 g/mol. The molecule has 1 heterocycles. The highest BCUT2D eigenvalue weighted by Gasteiger charge is 2.23. The molecule has 1 unspecified atom stereocenters. The Balaban J connectivity index is 2.05. The Morgan fingerprint density at radius 3 is 2.85 bits per heavy atom. The van der Waals surface area contributed by atoms with Crippen LogP contribution in [0, 0.1) is 5.41 Å². The second-order valence-electron chi connectivity index (χ2n) is 5.77. The van der Waals surface area contributed by atoms with Gasteiger partial charge in [0.25, 0.3) is 0 Å². The predicted octanol–water partition coefficient (Wildman–Crippen LogP) is 4.10. The highest BCUT2D eigenvalue weighted by molar-refractivity contribution is 7.17. The van der Waals surface area contributed by atoms with Gasteiger partial charge in [-0.3, -0.25) is 0 Å². The Morgan fingerprint density at radius 2 is 2.10 bits per heavy atom. The first-order valence-corrected chi connectivity index (χ1v) is 8.21. The highest BCUT2D eigenvalue weighted by atomic mass is 32.1. The Kier molecular flexibility index (Phi) is 5.58. The van der Waals surface area contributed by atoms with Crippen molar-refractivity contribution in [1.82, 2.24) is 5.32 Å². The standard InChI is InChI=1S/C17H25NOS/c1-4-17(2,13-18-9-10-19-3)11-14-12-20-16-8-6-5-7-15(14)16/h5-8,12,18H,4,9-11,13H2,1-3H3. The topological polar surface area (TPSA) is 21.3 Å². The molecule has 0 spiro atoms. The molecule has 1 aromatic carbocycles. The molecule has 0 bridgehead atoms. The number of nitrogens with one attached hydrogen (secondary N) is 1. The Bertz CT molecular complexity index is 537. The van der Waals surface area contributed by atoms with E-state index in [1.807, 2.05) is 11.3 Å². The third-order valence-corrected chi connectivity index (χ3v) is 5.08. The Labute approximate surface area is 126 Å². The Morgan fingerprint density at radius 1 is 1.30 bits per heavy atom. The van der Waals surface area contributed by atoms with Crippen molar-refractivity contribution < 1.29 is 4.74 Å². The van der Waals surface area contributed by atoms with Crippen molar-refractivity contribution in [2.75, 3.05) is 26.8 Å². The fraction of sp³-hybridized carbons (Fsp3) is 0.529. The van der Waals surface area contributed by atoms with Gasteiger partial charge in [-0.2, -0.15) is 0 Å². The van der Waals surface area contributed by atoms with Gasteiger partial charge in [0.05, 0.1) is 6.61 Å². The molecule has 0 radical (unpaired) electrons. The molecule has 0 aliphatic heterocycles. The lowest BCUT2D eigenvalue weighted by Crippen LogP contribution is -2.34. The number of hydrogen-bond donors (Lipinski definition) is 1.